The van der Waals surface area contributed by atoms with E-state index in [1.165, 1.54) is 49.0 Å². The van der Waals surface area contributed by atoms with E-state index in [1.54, 1.807) is 4.68 Å². The van der Waals surface area contributed by atoms with Gasteiger partial charge in [0.2, 0.25) is 4.77 Å². The smallest absolute Gasteiger partial charge is 0.282 e. The van der Waals surface area contributed by atoms with Gasteiger partial charge in [0, 0.05) is 37.6 Å². The predicted octanol–water partition coefficient (Wildman–Crippen LogP) is 3.13. The van der Waals surface area contributed by atoms with Crippen molar-refractivity contribution < 1.29 is 14.4 Å². The number of nitro benzene ring substituents is 1. The Labute approximate surface area is 235 Å². The minimum Gasteiger partial charge on any atom is -0.493 e. The van der Waals surface area contributed by atoms with Gasteiger partial charge < -0.3 is 14.4 Å². The minimum absolute atomic E-state index is 0.174. The first-order valence-electron chi connectivity index (χ1n) is 12.2. The van der Waals surface area contributed by atoms with Crippen molar-refractivity contribution in [2.75, 3.05) is 47.4 Å². The molecule has 1 aromatic carbocycles. The van der Waals surface area contributed by atoms with Crippen molar-refractivity contribution in [1.29, 1.82) is 0 Å². The first kappa shape index (κ1) is 28.6. The zero-order valence-electron chi connectivity index (χ0n) is 22.5. The Hall–Kier alpha value is -3.40. The molecule has 1 aliphatic rings. The second-order valence-electron chi connectivity index (χ2n) is 9.06. The van der Waals surface area contributed by atoms with E-state index in [-0.39, 0.29) is 17.0 Å². The van der Waals surface area contributed by atoms with Gasteiger partial charge in [-0.1, -0.05) is 11.8 Å². The lowest BCUT2D eigenvalue weighted by Gasteiger charge is -2.31. The third-order valence-corrected chi connectivity index (χ3v) is 7.37. The minimum atomic E-state index is -0.493. The van der Waals surface area contributed by atoms with Crippen LogP contribution < -0.4 is 9.47 Å². The quantitative estimate of drug-likeness (QED) is 0.0886. The summed E-state index contributed by atoms with van der Waals surface area (Å²) >= 11 is 7.18. The molecule has 1 saturated heterocycles. The third kappa shape index (κ3) is 6.98. The molecule has 0 aliphatic carbocycles. The normalized spacial score (nSPS) is 14.7. The van der Waals surface area contributed by atoms with E-state index < -0.39 is 4.92 Å². The van der Waals surface area contributed by atoms with Crippen LogP contribution in [0.15, 0.2) is 28.5 Å². The van der Waals surface area contributed by atoms with Crippen LogP contribution in [0.2, 0.25) is 0 Å². The van der Waals surface area contributed by atoms with E-state index in [4.69, 9.17) is 26.8 Å². The average Bonchev–Trinajstić information content (AvgIpc) is 3.20. The van der Waals surface area contributed by atoms with Gasteiger partial charge in [-0.15, -0.1) is 0 Å². The molecule has 1 fully saturated rings. The van der Waals surface area contributed by atoms with Crippen molar-refractivity contribution >= 4 is 35.9 Å². The van der Waals surface area contributed by atoms with Gasteiger partial charge in [0.25, 0.3) is 5.69 Å². The van der Waals surface area contributed by atoms with Crippen LogP contribution in [0.4, 0.5) is 5.69 Å². The van der Waals surface area contributed by atoms with E-state index in [0.717, 1.165) is 37.6 Å². The summed E-state index contributed by atoms with van der Waals surface area (Å²) in [6.07, 6.45) is 1.39. The molecule has 13 nitrogen and oxygen atoms in total. The van der Waals surface area contributed by atoms with Crippen molar-refractivity contribution in [3.63, 3.8) is 0 Å². The Morgan fingerprint density at radius 3 is 2.36 bits per heavy atom. The molecule has 0 N–H and O–H groups in total. The fourth-order valence-corrected chi connectivity index (χ4v) is 5.18. The highest BCUT2D eigenvalue weighted by atomic mass is 32.2. The van der Waals surface area contributed by atoms with Gasteiger partial charge in [0.15, 0.2) is 22.5 Å². The summed E-state index contributed by atoms with van der Waals surface area (Å²) in [7, 11) is 4.99. The number of thioether (sulfide) groups is 1. The molecule has 1 aliphatic heterocycles. The SMILES string of the molecule is COc1cc(/C=N/n2c(CSc3nc(C)cc(C)n3)nn(CN3CCN(C)CC3)c2=S)c([N+](=O)[O-])cc1OC. The Bertz CT molecular complexity index is 1410. The molecule has 208 valence electrons. The first-order chi connectivity index (χ1) is 18.7. The maximum atomic E-state index is 11.8. The van der Waals surface area contributed by atoms with Crippen molar-refractivity contribution in [3.8, 4) is 11.5 Å². The standard InChI is InChI=1S/C24H31N9O4S2/c1-16-10-17(2)27-23(26-16)39-14-22-28-31(15-30-8-6-29(3)7-9-30)24(38)32(22)25-13-18-11-20(36-4)21(37-5)12-19(18)33(34)35/h10-13H,6-9,14-15H2,1-5H3/b25-13+. The molecule has 3 heterocycles. The number of rotatable bonds is 10. The molecule has 0 unspecified atom stereocenters. The van der Waals surface area contributed by atoms with Crippen molar-refractivity contribution in [1.82, 2.24) is 34.2 Å². The molecule has 0 atom stereocenters. The Kier molecular flexibility index (Phi) is 9.27. The van der Waals surface area contributed by atoms with Gasteiger partial charge in [-0.2, -0.15) is 14.9 Å². The summed E-state index contributed by atoms with van der Waals surface area (Å²) < 4.78 is 14.2. The monoisotopic (exact) mass is 573 g/mol. The van der Waals surface area contributed by atoms with Crippen LogP contribution >= 0.6 is 24.0 Å². The van der Waals surface area contributed by atoms with Gasteiger partial charge >= 0.3 is 0 Å². The number of hydrogen-bond acceptors (Lipinski definition) is 12. The summed E-state index contributed by atoms with van der Waals surface area (Å²) in [5.41, 5.74) is 1.82. The number of hydrogen-bond donors (Lipinski definition) is 0. The van der Waals surface area contributed by atoms with Crippen LogP contribution in [-0.2, 0) is 12.4 Å². The maximum Gasteiger partial charge on any atom is 0.282 e. The zero-order chi connectivity index (χ0) is 28.1. The van der Waals surface area contributed by atoms with E-state index in [1.807, 2.05) is 19.9 Å². The van der Waals surface area contributed by atoms with Crippen molar-refractivity contribution in [2.24, 2.45) is 5.10 Å². The summed E-state index contributed by atoms with van der Waals surface area (Å²) in [4.78, 5) is 24.8. The zero-order valence-corrected chi connectivity index (χ0v) is 24.2. The third-order valence-electron chi connectivity index (χ3n) is 6.15. The summed E-state index contributed by atoms with van der Waals surface area (Å²) in [5.74, 6) is 1.57. The highest BCUT2D eigenvalue weighted by Gasteiger charge is 2.20. The lowest BCUT2D eigenvalue weighted by molar-refractivity contribution is -0.385. The largest absolute Gasteiger partial charge is 0.493 e. The molecule has 0 bridgehead atoms. The van der Waals surface area contributed by atoms with Gasteiger partial charge in [-0.25, -0.2) is 14.6 Å². The van der Waals surface area contributed by atoms with E-state index >= 15 is 0 Å². The number of nitro groups is 1. The summed E-state index contributed by atoms with van der Waals surface area (Å²) in [6.45, 7) is 8.07. The number of likely N-dealkylation sites (N-methyl/N-ethyl adjacent to an activating group) is 1. The fourth-order valence-electron chi connectivity index (χ4n) is 4.07. The predicted molar refractivity (Wildman–Crippen MR) is 150 cm³/mol. The van der Waals surface area contributed by atoms with E-state index in [2.05, 4.69) is 31.9 Å². The molecular weight excluding hydrogens is 542 g/mol. The Morgan fingerprint density at radius 1 is 1.10 bits per heavy atom. The first-order valence-corrected chi connectivity index (χ1v) is 13.6. The van der Waals surface area contributed by atoms with E-state index in [0.29, 0.717) is 33.9 Å². The molecule has 39 heavy (non-hydrogen) atoms. The average molecular weight is 574 g/mol. The van der Waals surface area contributed by atoms with Gasteiger partial charge in [0.05, 0.1) is 49.4 Å². The summed E-state index contributed by atoms with van der Waals surface area (Å²) in [6, 6.07) is 4.73. The molecule has 3 aromatic rings. The van der Waals surface area contributed by atoms with Crippen LogP contribution in [0.1, 0.15) is 22.8 Å². The molecule has 0 saturated carbocycles. The van der Waals surface area contributed by atoms with E-state index in [9.17, 15) is 10.1 Å². The van der Waals surface area contributed by atoms with Crippen LogP contribution in [0.25, 0.3) is 0 Å². The number of piperazine rings is 1. The molecule has 0 radical (unpaired) electrons. The highest BCUT2D eigenvalue weighted by Crippen LogP contribution is 2.33. The van der Waals surface area contributed by atoms with Crippen molar-refractivity contribution in [2.45, 2.75) is 31.4 Å². The summed E-state index contributed by atoms with van der Waals surface area (Å²) in [5, 5.41) is 21.7. The topological polar surface area (TPSA) is 129 Å². The van der Waals surface area contributed by atoms with Crippen LogP contribution in [0, 0.1) is 28.7 Å². The lowest BCUT2D eigenvalue weighted by Crippen LogP contribution is -2.45. The maximum absolute atomic E-state index is 11.8. The van der Waals surface area contributed by atoms with Crippen LogP contribution in [0.3, 0.4) is 0 Å². The van der Waals surface area contributed by atoms with Crippen LogP contribution in [0.5, 0.6) is 11.5 Å². The Morgan fingerprint density at radius 2 is 1.74 bits per heavy atom. The molecule has 0 amide bonds. The van der Waals surface area contributed by atoms with Crippen LogP contribution in [-0.4, -0.2) is 92.8 Å². The Balaban J connectivity index is 1.69. The molecule has 2 aromatic heterocycles. The van der Waals surface area contributed by atoms with Gasteiger partial charge in [0.1, 0.15) is 0 Å². The second kappa shape index (κ2) is 12.6. The lowest BCUT2D eigenvalue weighted by atomic mass is 10.1. The number of ether oxygens (including phenoxy) is 2. The molecular formula is C24H31N9O4S2. The number of benzene rings is 1. The number of aromatic nitrogens is 5. The number of aryl methyl sites for hydroxylation is 2. The second-order valence-corrected chi connectivity index (χ2v) is 10.4. The fraction of sp³-hybridized carbons (Fsp3) is 0.458. The number of nitrogens with zero attached hydrogens (tertiary/aromatic N) is 9. The van der Waals surface area contributed by atoms with Crippen molar-refractivity contribution in [3.05, 3.63) is 55.9 Å². The molecule has 15 heteroatoms. The highest BCUT2D eigenvalue weighted by molar-refractivity contribution is 7.98. The van der Waals surface area contributed by atoms with Gasteiger partial charge in [-0.3, -0.25) is 15.0 Å². The number of methoxy groups -OCH3 is 2. The molecule has 4 rings (SSSR count). The molecule has 0 spiro atoms. The van der Waals surface area contributed by atoms with Gasteiger partial charge in [-0.05, 0) is 45.2 Å².